The first-order valence-corrected chi connectivity index (χ1v) is 20.8. The lowest BCUT2D eigenvalue weighted by atomic mass is 9.95. The van der Waals surface area contributed by atoms with Gasteiger partial charge in [0, 0.05) is 29.8 Å². The third-order valence-electron chi connectivity index (χ3n) is 11.3. The molecule has 7 rings (SSSR count). The first-order chi connectivity index (χ1) is 33.6. The standard InChI is InChI=1S/C44H44O27/c1-62-22-9-15(10-23(63-2)26(22)49)20-13-19(47)25-18(46)11-17(12-21(25)65-20)64-43-37(30(53)29(52)35(69-43)40(58)59)71-44-38(66-24(48)8-5-14-3-6-16(45)7-4-14)33(32(55)36(70-44)41(60)61)67-42-31(54)27(50)28(51)34(68-42)39(56)57/h3-13,27-38,42-46,49-55H,1-2H3,(H,56,57)(H,58,59)(H,60,61)/t27-,28-,29-,30-,31+,32-,33-,34-,35-,36-,37+,38+,42+,43+,44-/m0/s1. The van der Waals surface area contributed by atoms with Crippen LogP contribution in [0.3, 0.4) is 0 Å². The number of hydrogen-bond acceptors (Lipinski definition) is 24. The van der Waals surface area contributed by atoms with Crippen molar-refractivity contribution in [2.75, 3.05) is 14.2 Å². The normalized spacial score (nSPS) is 30.9. The molecule has 0 radical (unpaired) electrons. The van der Waals surface area contributed by atoms with E-state index in [4.69, 9.17) is 47.0 Å². The molecule has 382 valence electrons. The Kier molecular flexibility index (Phi) is 15.3. The Balaban J connectivity index is 1.28. The number of aliphatic hydroxyl groups excluding tert-OH is 6. The van der Waals surface area contributed by atoms with Crippen LogP contribution < -0.4 is 19.6 Å². The number of fused-ring (bicyclic) bond motifs is 1. The second-order valence-electron chi connectivity index (χ2n) is 15.9. The summed E-state index contributed by atoms with van der Waals surface area (Å²) in [5.41, 5.74) is -0.783. The van der Waals surface area contributed by atoms with Crippen LogP contribution in [0.2, 0.25) is 0 Å². The van der Waals surface area contributed by atoms with Crippen molar-refractivity contribution in [2.45, 2.75) is 92.1 Å². The number of aromatic hydroxyl groups is 3. The zero-order chi connectivity index (χ0) is 51.7. The molecular weight excluding hydrogens is 960 g/mol. The van der Waals surface area contributed by atoms with Gasteiger partial charge in [0.05, 0.1) is 14.2 Å². The predicted molar refractivity (Wildman–Crippen MR) is 227 cm³/mol. The molecule has 3 aliphatic heterocycles. The zero-order valence-electron chi connectivity index (χ0n) is 36.5. The van der Waals surface area contributed by atoms with E-state index in [9.17, 15) is 85.3 Å². The molecule has 4 heterocycles. The fourth-order valence-corrected chi connectivity index (χ4v) is 7.72. The van der Waals surface area contributed by atoms with E-state index in [-0.39, 0.29) is 34.3 Å². The highest BCUT2D eigenvalue weighted by Crippen LogP contribution is 2.42. The van der Waals surface area contributed by atoms with Crippen LogP contribution >= 0.6 is 0 Å². The molecule has 27 nitrogen and oxygen atoms in total. The summed E-state index contributed by atoms with van der Waals surface area (Å²) in [6.07, 6.45) is -33.5. The van der Waals surface area contributed by atoms with Crippen LogP contribution in [0, 0.1) is 0 Å². The molecule has 3 fully saturated rings. The minimum atomic E-state index is -2.49. The molecule has 0 amide bonds. The van der Waals surface area contributed by atoms with Gasteiger partial charge in [-0.15, -0.1) is 0 Å². The molecule has 15 atom stereocenters. The van der Waals surface area contributed by atoms with E-state index in [0.29, 0.717) is 5.56 Å². The van der Waals surface area contributed by atoms with Crippen molar-refractivity contribution in [2.24, 2.45) is 0 Å². The first kappa shape index (κ1) is 51.7. The van der Waals surface area contributed by atoms with Gasteiger partial charge in [0.1, 0.15) is 76.7 Å². The smallest absolute Gasteiger partial charge is 0.335 e. The van der Waals surface area contributed by atoms with Gasteiger partial charge in [-0.25, -0.2) is 19.2 Å². The van der Waals surface area contributed by atoms with Crippen molar-refractivity contribution in [3.8, 4) is 45.8 Å². The van der Waals surface area contributed by atoms with Crippen molar-refractivity contribution >= 4 is 40.9 Å². The van der Waals surface area contributed by atoms with Crippen LogP contribution in [0.25, 0.3) is 28.4 Å². The van der Waals surface area contributed by atoms with E-state index in [1.165, 1.54) is 50.6 Å². The van der Waals surface area contributed by atoms with Gasteiger partial charge in [0.2, 0.25) is 12.0 Å². The summed E-state index contributed by atoms with van der Waals surface area (Å²) in [4.78, 5) is 63.7. The van der Waals surface area contributed by atoms with Crippen LogP contribution in [-0.2, 0) is 47.6 Å². The Bertz CT molecular complexity index is 2690. The summed E-state index contributed by atoms with van der Waals surface area (Å²) in [5.74, 6) is -9.28. The van der Waals surface area contributed by atoms with E-state index in [1.54, 1.807) is 0 Å². The van der Waals surface area contributed by atoms with E-state index in [0.717, 1.165) is 30.4 Å². The number of rotatable bonds is 15. The quantitative estimate of drug-likeness (QED) is 0.0451. The number of carboxylic acids is 3. The topological polar surface area (TPSA) is 424 Å². The van der Waals surface area contributed by atoms with E-state index in [1.807, 2.05) is 0 Å². The molecule has 3 aromatic carbocycles. The lowest BCUT2D eigenvalue weighted by molar-refractivity contribution is -0.373. The average molecular weight is 1000 g/mol. The number of phenols is 3. The van der Waals surface area contributed by atoms with Gasteiger partial charge in [-0.3, -0.25) is 4.79 Å². The van der Waals surface area contributed by atoms with E-state index >= 15 is 0 Å². The van der Waals surface area contributed by atoms with Gasteiger partial charge in [0.15, 0.2) is 60.0 Å². The van der Waals surface area contributed by atoms with Crippen LogP contribution in [0.4, 0.5) is 0 Å². The lowest BCUT2D eigenvalue weighted by Gasteiger charge is -2.47. The highest BCUT2D eigenvalue weighted by Gasteiger charge is 2.58. The van der Waals surface area contributed by atoms with E-state index in [2.05, 4.69) is 0 Å². The molecule has 4 aromatic rings. The molecule has 0 saturated carbocycles. The van der Waals surface area contributed by atoms with Crippen molar-refractivity contribution in [1.82, 2.24) is 0 Å². The van der Waals surface area contributed by atoms with Crippen LogP contribution in [0.1, 0.15) is 5.56 Å². The minimum Gasteiger partial charge on any atom is -0.508 e. The SMILES string of the molecule is COc1cc(-c2cc(=O)c3c(O)cc(O[C@@H]4O[C@H](C(=O)O)[C@@H](O)[C@H](O)[C@H]4O[C@@H]4O[C@H](C(=O)O)[C@@H](O)[C@H](O[C@@H]5O[C@H](C(=O)O)[C@@H](O)[C@H](O)[C@H]5O)[C@H]4OC(=O)C=Cc4ccc(O)cc4)cc3o2)cc(OC)c1O. The Hall–Kier alpha value is -7.15. The Labute approximate surface area is 396 Å². The number of aliphatic hydroxyl groups is 6. The number of aliphatic carboxylic acids is 3. The summed E-state index contributed by atoms with van der Waals surface area (Å²) in [6.45, 7) is 0. The summed E-state index contributed by atoms with van der Waals surface area (Å²) in [7, 11) is 2.48. The first-order valence-electron chi connectivity index (χ1n) is 20.8. The number of hydrogen-bond donors (Lipinski definition) is 12. The van der Waals surface area contributed by atoms with E-state index < -0.39 is 144 Å². The fourth-order valence-electron chi connectivity index (χ4n) is 7.72. The molecular formula is C44H44O27. The third kappa shape index (κ3) is 10.6. The molecule has 0 aliphatic carbocycles. The van der Waals surface area contributed by atoms with Crippen LogP contribution in [0.5, 0.6) is 34.5 Å². The predicted octanol–water partition coefficient (Wildman–Crippen LogP) is -2.04. The molecule has 12 N–H and O–H groups in total. The second kappa shape index (κ2) is 21.1. The van der Waals surface area contributed by atoms with Gasteiger partial charge in [0.25, 0.3) is 0 Å². The number of esters is 1. The number of methoxy groups -OCH3 is 2. The summed E-state index contributed by atoms with van der Waals surface area (Å²) in [6, 6.07) is 10.7. The molecule has 0 spiro atoms. The highest BCUT2D eigenvalue weighted by atomic mass is 16.8. The lowest BCUT2D eigenvalue weighted by Crippen LogP contribution is -2.68. The molecule has 3 saturated heterocycles. The van der Waals surface area contributed by atoms with Crippen molar-refractivity contribution < 1.29 is 128 Å². The number of ether oxygens (including phenoxy) is 9. The van der Waals surface area contributed by atoms with Gasteiger partial charge < -0.3 is 108 Å². The van der Waals surface area contributed by atoms with Crippen molar-refractivity contribution in [3.63, 3.8) is 0 Å². The molecule has 71 heavy (non-hydrogen) atoms. The van der Waals surface area contributed by atoms with Crippen molar-refractivity contribution in [1.29, 1.82) is 0 Å². The van der Waals surface area contributed by atoms with Gasteiger partial charge in [-0.05, 0) is 35.9 Å². The monoisotopic (exact) mass is 1000 g/mol. The molecule has 3 aliphatic rings. The van der Waals surface area contributed by atoms with Crippen molar-refractivity contribution in [3.05, 3.63) is 76.5 Å². The van der Waals surface area contributed by atoms with Gasteiger partial charge in [-0.1, -0.05) is 12.1 Å². The Morgan fingerprint density at radius 3 is 1.75 bits per heavy atom. The molecule has 27 heteroatoms. The summed E-state index contributed by atoms with van der Waals surface area (Å²) in [5, 5.41) is 126. The van der Waals surface area contributed by atoms with Crippen LogP contribution in [0.15, 0.2) is 69.9 Å². The Morgan fingerprint density at radius 2 is 1.15 bits per heavy atom. The number of carbonyl (C=O) groups is 4. The fraction of sp³-hybridized carbons (Fsp3) is 0.386. The summed E-state index contributed by atoms with van der Waals surface area (Å²) < 4.78 is 55.5. The number of phenolic OH excluding ortho intramolecular Hbond substituents is 3. The highest BCUT2D eigenvalue weighted by molar-refractivity contribution is 5.88. The minimum absolute atomic E-state index is 0.0896. The largest absolute Gasteiger partial charge is 0.508 e. The van der Waals surface area contributed by atoms with Gasteiger partial charge >= 0.3 is 23.9 Å². The molecule has 1 aromatic heterocycles. The van der Waals surface area contributed by atoms with Crippen LogP contribution in [-0.4, -0.2) is 191 Å². The molecule has 0 unspecified atom stereocenters. The Morgan fingerprint density at radius 1 is 0.606 bits per heavy atom. The number of carbonyl (C=O) groups excluding carboxylic acids is 1. The maximum Gasteiger partial charge on any atom is 0.335 e. The average Bonchev–Trinajstić information content (AvgIpc) is 3.32. The number of carboxylic acid groups (broad SMARTS) is 3. The number of benzene rings is 3. The summed E-state index contributed by atoms with van der Waals surface area (Å²) >= 11 is 0. The third-order valence-corrected chi connectivity index (χ3v) is 11.3. The van der Waals surface area contributed by atoms with Gasteiger partial charge in [-0.2, -0.15) is 0 Å². The maximum atomic E-state index is 13.5. The zero-order valence-corrected chi connectivity index (χ0v) is 36.5. The second-order valence-corrected chi connectivity index (χ2v) is 15.9. The molecule has 0 bridgehead atoms. The maximum absolute atomic E-state index is 13.5.